The van der Waals surface area contributed by atoms with E-state index in [1.807, 2.05) is 12.1 Å². The molecule has 0 spiro atoms. The predicted octanol–water partition coefficient (Wildman–Crippen LogP) is 3.36. The van der Waals surface area contributed by atoms with Gasteiger partial charge in [-0.15, -0.1) is 0 Å². The van der Waals surface area contributed by atoms with Gasteiger partial charge >= 0.3 is 0 Å². The number of aromatic hydroxyl groups is 1. The Bertz CT molecular complexity index is 613. The van der Waals surface area contributed by atoms with Crippen molar-refractivity contribution in [2.75, 3.05) is 6.61 Å². The number of aryl methyl sites for hydroxylation is 1. The van der Waals surface area contributed by atoms with Crippen LogP contribution >= 0.6 is 0 Å². The molecule has 3 heteroatoms. The van der Waals surface area contributed by atoms with Gasteiger partial charge in [0.25, 0.3) is 0 Å². The van der Waals surface area contributed by atoms with Crippen LogP contribution in [-0.2, 0) is 6.42 Å². The number of fused-ring (bicyclic) bond motifs is 5. The highest BCUT2D eigenvalue weighted by Gasteiger charge is 2.60. The van der Waals surface area contributed by atoms with Gasteiger partial charge in [-0.25, -0.2) is 0 Å². The maximum atomic E-state index is 11.2. The third kappa shape index (κ3) is 2.09. The first-order chi connectivity index (χ1) is 11.0. The average Bonchev–Trinajstić information content (AvgIpc) is 2.79. The summed E-state index contributed by atoms with van der Waals surface area (Å²) >= 11 is 0. The lowest BCUT2D eigenvalue weighted by Gasteiger charge is -2.53. The normalized spacial score (nSPS) is 42.0. The molecule has 0 unspecified atom stereocenters. The highest BCUT2D eigenvalue weighted by molar-refractivity contribution is 5.40. The first-order valence-electron chi connectivity index (χ1n) is 9.13. The van der Waals surface area contributed by atoms with Crippen LogP contribution in [-0.4, -0.2) is 27.5 Å². The number of hydrogen-bond donors (Lipinski definition) is 3. The summed E-state index contributed by atoms with van der Waals surface area (Å²) in [4.78, 5) is 0. The molecule has 0 radical (unpaired) electrons. The Morgan fingerprint density at radius 3 is 2.78 bits per heavy atom. The average molecular weight is 316 g/mol. The quantitative estimate of drug-likeness (QED) is 0.784. The van der Waals surface area contributed by atoms with Gasteiger partial charge in [0.2, 0.25) is 0 Å². The fourth-order valence-corrected chi connectivity index (χ4v) is 6.27. The Morgan fingerprint density at radius 2 is 2.00 bits per heavy atom. The van der Waals surface area contributed by atoms with Crippen molar-refractivity contribution in [3.05, 3.63) is 29.3 Å². The minimum Gasteiger partial charge on any atom is -0.508 e. The van der Waals surface area contributed by atoms with Crippen LogP contribution in [0.3, 0.4) is 0 Å². The standard InChI is InChI=1S/C20H28O3/c1-19-8-6-16-15-5-3-14(22)12-13(15)2-4-17(16)18(19)7-9-20(19,23)10-11-21/h3,5,12,16-18,21-23H,2,4,6-11H2,1H3/t16-,17-,18+,19+,20-/m1/s1. The largest absolute Gasteiger partial charge is 0.508 e. The van der Waals surface area contributed by atoms with Crippen LogP contribution in [0.4, 0.5) is 0 Å². The van der Waals surface area contributed by atoms with Gasteiger partial charge in [-0.05, 0) is 91.4 Å². The smallest absolute Gasteiger partial charge is 0.115 e. The van der Waals surface area contributed by atoms with Crippen molar-refractivity contribution in [2.24, 2.45) is 17.3 Å². The van der Waals surface area contributed by atoms with Crippen LogP contribution in [0.25, 0.3) is 0 Å². The van der Waals surface area contributed by atoms with Crippen molar-refractivity contribution in [1.82, 2.24) is 0 Å². The Morgan fingerprint density at radius 1 is 1.17 bits per heavy atom. The van der Waals surface area contributed by atoms with Crippen molar-refractivity contribution < 1.29 is 15.3 Å². The first kappa shape index (κ1) is 15.5. The van der Waals surface area contributed by atoms with Crippen LogP contribution in [0, 0.1) is 17.3 Å². The van der Waals surface area contributed by atoms with Crippen LogP contribution in [0.2, 0.25) is 0 Å². The molecule has 4 rings (SSSR count). The molecule has 3 nitrogen and oxygen atoms in total. The van der Waals surface area contributed by atoms with Gasteiger partial charge in [0, 0.05) is 6.61 Å². The van der Waals surface area contributed by atoms with Gasteiger partial charge < -0.3 is 15.3 Å². The molecule has 3 aliphatic carbocycles. The molecule has 2 fully saturated rings. The van der Waals surface area contributed by atoms with Crippen LogP contribution in [0.1, 0.15) is 62.5 Å². The molecule has 23 heavy (non-hydrogen) atoms. The molecular weight excluding hydrogens is 288 g/mol. The van der Waals surface area contributed by atoms with Gasteiger partial charge in [-0.1, -0.05) is 13.0 Å². The minimum atomic E-state index is -0.688. The van der Waals surface area contributed by atoms with E-state index in [-0.39, 0.29) is 12.0 Å². The van der Waals surface area contributed by atoms with Crippen LogP contribution in [0.15, 0.2) is 18.2 Å². The fraction of sp³-hybridized carbons (Fsp3) is 0.700. The number of rotatable bonds is 2. The van der Waals surface area contributed by atoms with Crippen molar-refractivity contribution in [2.45, 2.75) is 63.4 Å². The summed E-state index contributed by atoms with van der Waals surface area (Å²) in [6.07, 6.45) is 6.79. The Balaban J connectivity index is 1.67. The van der Waals surface area contributed by atoms with Crippen molar-refractivity contribution >= 4 is 0 Å². The molecule has 2 saturated carbocycles. The number of aliphatic hydroxyl groups excluding tert-OH is 1. The zero-order valence-corrected chi connectivity index (χ0v) is 14.0. The van der Waals surface area contributed by atoms with Crippen molar-refractivity contribution in [1.29, 1.82) is 0 Å². The van der Waals surface area contributed by atoms with E-state index < -0.39 is 5.60 Å². The summed E-state index contributed by atoms with van der Waals surface area (Å²) < 4.78 is 0. The summed E-state index contributed by atoms with van der Waals surface area (Å²) in [7, 11) is 0. The van der Waals surface area contributed by atoms with E-state index in [0.29, 0.717) is 29.9 Å². The van der Waals surface area contributed by atoms with E-state index in [0.717, 1.165) is 38.5 Å². The van der Waals surface area contributed by atoms with Gasteiger partial charge in [0.05, 0.1) is 5.60 Å². The zero-order valence-electron chi connectivity index (χ0n) is 14.0. The van der Waals surface area contributed by atoms with Crippen molar-refractivity contribution in [3.63, 3.8) is 0 Å². The number of phenols is 1. The second kappa shape index (κ2) is 5.22. The minimum absolute atomic E-state index is 0.0503. The zero-order chi connectivity index (χ0) is 16.2. The monoisotopic (exact) mass is 316 g/mol. The van der Waals surface area contributed by atoms with E-state index in [1.165, 1.54) is 11.1 Å². The fourth-order valence-electron chi connectivity index (χ4n) is 6.27. The Hall–Kier alpha value is -1.06. The summed E-state index contributed by atoms with van der Waals surface area (Å²) in [6.45, 7) is 2.35. The maximum absolute atomic E-state index is 11.2. The Labute approximate surface area is 138 Å². The van der Waals surface area contributed by atoms with E-state index in [1.54, 1.807) is 0 Å². The molecule has 126 valence electrons. The highest BCUT2D eigenvalue weighted by Crippen LogP contribution is 2.64. The second-order valence-corrected chi connectivity index (χ2v) is 8.30. The molecule has 0 aliphatic heterocycles. The van der Waals surface area contributed by atoms with Gasteiger partial charge in [-0.3, -0.25) is 0 Å². The lowest BCUT2D eigenvalue weighted by atomic mass is 9.53. The van der Waals surface area contributed by atoms with E-state index in [4.69, 9.17) is 0 Å². The molecule has 0 saturated heterocycles. The van der Waals surface area contributed by atoms with Gasteiger partial charge in [0.15, 0.2) is 0 Å². The van der Waals surface area contributed by atoms with Crippen LogP contribution < -0.4 is 0 Å². The summed E-state index contributed by atoms with van der Waals surface area (Å²) in [6, 6.07) is 5.89. The van der Waals surface area contributed by atoms with E-state index in [2.05, 4.69) is 13.0 Å². The molecule has 3 aliphatic rings. The second-order valence-electron chi connectivity index (χ2n) is 8.30. The van der Waals surface area contributed by atoms with Crippen molar-refractivity contribution in [3.8, 4) is 5.75 Å². The third-order valence-electron chi connectivity index (χ3n) is 7.56. The number of hydrogen-bond acceptors (Lipinski definition) is 3. The topological polar surface area (TPSA) is 60.7 Å². The molecule has 1 aromatic carbocycles. The Kier molecular flexibility index (Phi) is 3.51. The van der Waals surface area contributed by atoms with E-state index in [9.17, 15) is 15.3 Å². The number of aliphatic hydroxyl groups is 2. The summed E-state index contributed by atoms with van der Waals surface area (Å²) in [5.74, 6) is 2.15. The molecule has 0 heterocycles. The third-order valence-corrected chi connectivity index (χ3v) is 7.56. The first-order valence-corrected chi connectivity index (χ1v) is 9.13. The molecule has 0 aromatic heterocycles. The molecule has 5 atom stereocenters. The maximum Gasteiger partial charge on any atom is 0.115 e. The lowest BCUT2D eigenvalue weighted by Crippen LogP contribution is -2.51. The SMILES string of the molecule is C[C@]12CC[C@@H]3c4ccc(O)cc4CC[C@H]3[C@@H]1CC[C@@]2(O)CCO. The highest BCUT2D eigenvalue weighted by atomic mass is 16.3. The lowest BCUT2D eigenvalue weighted by molar-refractivity contribution is -0.112. The molecule has 0 amide bonds. The van der Waals surface area contributed by atoms with E-state index >= 15 is 0 Å². The summed E-state index contributed by atoms with van der Waals surface area (Å²) in [5, 5.41) is 30.3. The molecule has 1 aromatic rings. The molecular formula is C20H28O3. The van der Waals surface area contributed by atoms with Gasteiger partial charge in [0.1, 0.15) is 5.75 Å². The predicted molar refractivity (Wildman–Crippen MR) is 89.4 cm³/mol. The van der Waals surface area contributed by atoms with Gasteiger partial charge in [-0.2, -0.15) is 0 Å². The number of benzene rings is 1. The molecule has 0 bridgehead atoms. The molecule has 3 N–H and O–H groups in total. The number of phenolic OH excluding ortho intramolecular Hbond substituents is 1. The van der Waals surface area contributed by atoms with Crippen LogP contribution in [0.5, 0.6) is 5.75 Å². The summed E-state index contributed by atoms with van der Waals surface area (Å²) in [5.41, 5.74) is 2.01.